The van der Waals surface area contributed by atoms with Gasteiger partial charge in [-0.3, -0.25) is 14.4 Å². The van der Waals surface area contributed by atoms with E-state index in [1.807, 2.05) is 0 Å². The van der Waals surface area contributed by atoms with Crippen LogP contribution in [0.2, 0.25) is 5.02 Å². The minimum atomic E-state index is -0.737. The highest BCUT2D eigenvalue weighted by Gasteiger charge is 2.22. The molecule has 2 amide bonds. The van der Waals surface area contributed by atoms with Crippen LogP contribution in [0.3, 0.4) is 0 Å². The summed E-state index contributed by atoms with van der Waals surface area (Å²) in [6.07, 6.45) is 1.18. The topological polar surface area (TPSA) is 91.5 Å². The van der Waals surface area contributed by atoms with E-state index in [0.29, 0.717) is 31.3 Å². The van der Waals surface area contributed by atoms with Gasteiger partial charge in [0.25, 0.3) is 11.8 Å². The minimum Gasteiger partial charge on any atom is -0.378 e. The molecule has 2 heterocycles. The Bertz CT molecular complexity index is 1200. The first-order valence-corrected chi connectivity index (χ1v) is 10.1. The molecule has 2 aromatic carbocycles. The van der Waals surface area contributed by atoms with E-state index in [1.165, 1.54) is 12.3 Å². The first-order valence-electron chi connectivity index (χ1n) is 9.68. The maximum Gasteiger partial charge on any atom is 0.257 e. The van der Waals surface area contributed by atoms with E-state index in [4.69, 9.17) is 16.3 Å². The van der Waals surface area contributed by atoms with Crippen LogP contribution in [0.25, 0.3) is 10.9 Å². The molecule has 0 atom stereocenters. The molecule has 1 aliphatic rings. The number of aromatic nitrogens is 1. The van der Waals surface area contributed by atoms with E-state index in [1.54, 1.807) is 29.2 Å². The standard InChI is InChI=1S/C22H19ClFN3O4/c23-15-3-1-13(2-4-15)11-26-21(29)17-12-25-19-16(20(17)28)9-14(10-18(19)24)22(30)27-5-7-31-8-6-27/h1-4,9-10,12H,5-8,11H2,(H,25,28)(H,26,29). The Balaban J connectivity index is 1.62. The molecule has 31 heavy (non-hydrogen) atoms. The average molecular weight is 444 g/mol. The summed E-state index contributed by atoms with van der Waals surface area (Å²) in [4.78, 5) is 42.4. The molecule has 2 N–H and O–H groups in total. The highest BCUT2D eigenvalue weighted by molar-refractivity contribution is 6.30. The van der Waals surface area contributed by atoms with Crippen molar-refractivity contribution >= 4 is 34.3 Å². The van der Waals surface area contributed by atoms with Crippen LogP contribution in [0, 0.1) is 5.82 Å². The highest BCUT2D eigenvalue weighted by Crippen LogP contribution is 2.18. The molecule has 160 valence electrons. The van der Waals surface area contributed by atoms with Crippen molar-refractivity contribution in [2.45, 2.75) is 6.54 Å². The number of carbonyl (C=O) groups excluding carboxylic acids is 2. The fourth-order valence-corrected chi connectivity index (χ4v) is 3.53. The van der Waals surface area contributed by atoms with Crippen LogP contribution in [0.1, 0.15) is 26.3 Å². The van der Waals surface area contributed by atoms with E-state index in [-0.39, 0.29) is 34.5 Å². The third-order valence-electron chi connectivity index (χ3n) is 5.10. The Morgan fingerprint density at radius 1 is 1.16 bits per heavy atom. The summed E-state index contributed by atoms with van der Waals surface area (Å²) < 4.78 is 19.8. The van der Waals surface area contributed by atoms with Crippen molar-refractivity contribution in [1.82, 2.24) is 15.2 Å². The van der Waals surface area contributed by atoms with Crippen molar-refractivity contribution in [3.05, 3.63) is 80.3 Å². The maximum absolute atomic E-state index is 14.6. The molecule has 1 aromatic heterocycles. The molecule has 3 aromatic rings. The van der Waals surface area contributed by atoms with Crippen LogP contribution in [-0.4, -0.2) is 48.0 Å². The number of nitrogens with zero attached hydrogens (tertiary/aromatic N) is 1. The first-order chi connectivity index (χ1) is 14.9. The fourth-order valence-electron chi connectivity index (χ4n) is 3.41. The molecule has 4 rings (SSSR count). The van der Waals surface area contributed by atoms with Gasteiger partial charge < -0.3 is 19.9 Å². The molecule has 1 fully saturated rings. The van der Waals surface area contributed by atoms with E-state index in [2.05, 4.69) is 10.3 Å². The van der Waals surface area contributed by atoms with Crippen molar-refractivity contribution in [2.75, 3.05) is 26.3 Å². The number of H-pyrrole nitrogens is 1. The van der Waals surface area contributed by atoms with Crippen LogP contribution in [0.5, 0.6) is 0 Å². The van der Waals surface area contributed by atoms with Crippen LogP contribution < -0.4 is 10.7 Å². The number of halogens is 2. The van der Waals surface area contributed by atoms with Gasteiger partial charge in [0.15, 0.2) is 0 Å². The Kier molecular flexibility index (Phi) is 6.01. The van der Waals surface area contributed by atoms with Gasteiger partial charge in [-0.1, -0.05) is 23.7 Å². The lowest BCUT2D eigenvalue weighted by Gasteiger charge is -2.27. The fraction of sp³-hybridized carbons (Fsp3) is 0.227. The second-order valence-electron chi connectivity index (χ2n) is 7.13. The van der Waals surface area contributed by atoms with Gasteiger partial charge in [-0.25, -0.2) is 4.39 Å². The minimum absolute atomic E-state index is 0.0520. The molecule has 1 saturated heterocycles. The molecule has 9 heteroatoms. The molecule has 1 aliphatic heterocycles. The molecule has 0 bridgehead atoms. The zero-order valence-electron chi connectivity index (χ0n) is 16.4. The SMILES string of the molecule is O=C(NCc1ccc(Cl)cc1)c1c[nH]c2c(F)cc(C(=O)N3CCOCC3)cc2c1=O. The summed E-state index contributed by atoms with van der Waals surface area (Å²) in [7, 11) is 0. The summed E-state index contributed by atoms with van der Waals surface area (Å²) in [5.41, 5.74) is -0.0250. The van der Waals surface area contributed by atoms with E-state index >= 15 is 0 Å². The Morgan fingerprint density at radius 3 is 2.58 bits per heavy atom. The number of ether oxygens (including phenoxy) is 1. The lowest BCUT2D eigenvalue weighted by molar-refractivity contribution is 0.0302. The van der Waals surface area contributed by atoms with Crippen LogP contribution in [0.15, 0.2) is 47.4 Å². The quantitative estimate of drug-likeness (QED) is 0.648. The summed E-state index contributed by atoms with van der Waals surface area (Å²) in [6.45, 7) is 1.78. The number of morpholine rings is 1. The second-order valence-corrected chi connectivity index (χ2v) is 7.56. The van der Waals surface area contributed by atoms with Crippen molar-refractivity contribution < 1.29 is 18.7 Å². The number of fused-ring (bicyclic) bond motifs is 1. The number of aromatic amines is 1. The molecule has 7 nitrogen and oxygen atoms in total. The molecule has 0 spiro atoms. The van der Waals surface area contributed by atoms with Crippen molar-refractivity contribution in [1.29, 1.82) is 0 Å². The average Bonchev–Trinajstić information content (AvgIpc) is 2.79. The summed E-state index contributed by atoms with van der Waals surface area (Å²) in [6, 6.07) is 9.32. The number of carbonyl (C=O) groups is 2. The van der Waals surface area contributed by atoms with Crippen LogP contribution in [0.4, 0.5) is 4.39 Å². The van der Waals surface area contributed by atoms with Crippen LogP contribution >= 0.6 is 11.6 Å². The zero-order chi connectivity index (χ0) is 22.0. The van der Waals surface area contributed by atoms with Gasteiger partial charge >= 0.3 is 0 Å². The number of amides is 2. The third-order valence-corrected chi connectivity index (χ3v) is 5.35. The summed E-state index contributed by atoms with van der Waals surface area (Å²) >= 11 is 5.85. The summed E-state index contributed by atoms with van der Waals surface area (Å²) in [5, 5.41) is 3.17. The van der Waals surface area contributed by atoms with Crippen molar-refractivity contribution in [2.24, 2.45) is 0 Å². The lowest BCUT2D eigenvalue weighted by atomic mass is 10.1. The Morgan fingerprint density at radius 2 is 1.87 bits per heavy atom. The van der Waals surface area contributed by atoms with Crippen molar-refractivity contribution in [3.8, 4) is 0 Å². The van der Waals surface area contributed by atoms with Gasteiger partial charge in [0, 0.05) is 36.4 Å². The van der Waals surface area contributed by atoms with Gasteiger partial charge in [0.2, 0.25) is 5.43 Å². The van der Waals surface area contributed by atoms with Gasteiger partial charge in [0.1, 0.15) is 11.4 Å². The number of pyridine rings is 1. The van der Waals surface area contributed by atoms with E-state index in [0.717, 1.165) is 11.6 Å². The number of hydrogen-bond acceptors (Lipinski definition) is 4. The van der Waals surface area contributed by atoms with Crippen molar-refractivity contribution in [3.63, 3.8) is 0 Å². The predicted molar refractivity (Wildman–Crippen MR) is 114 cm³/mol. The third kappa shape index (κ3) is 4.45. The molecule has 0 unspecified atom stereocenters. The Hall–Kier alpha value is -3.23. The molecule has 0 saturated carbocycles. The van der Waals surface area contributed by atoms with Gasteiger partial charge in [-0.15, -0.1) is 0 Å². The maximum atomic E-state index is 14.6. The van der Waals surface area contributed by atoms with Gasteiger partial charge in [-0.2, -0.15) is 0 Å². The zero-order valence-corrected chi connectivity index (χ0v) is 17.2. The van der Waals surface area contributed by atoms with Gasteiger partial charge in [0.05, 0.1) is 24.1 Å². The van der Waals surface area contributed by atoms with Crippen LogP contribution in [-0.2, 0) is 11.3 Å². The Labute approximate surface area is 181 Å². The molecular weight excluding hydrogens is 425 g/mol. The number of hydrogen-bond donors (Lipinski definition) is 2. The molecule has 0 radical (unpaired) electrons. The monoisotopic (exact) mass is 443 g/mol. The number of nitrogens with one attached hydrogen (secondary N) is 2. The second kappa shape index (κ2) is 8.87. The summed E-state index contributed by atoms with van der Waals surface area (Å²) in [5.74, 6) is -1.73. The highest BCUT2D eigenvalue weighted by atomic mass is 35.5. The number of rotatable bonds is 4. The van der Waals surface area contributed by atoms with E-state index in [9.17, 15) is 18.8 Å². The largest absolute Gasteiger partial charge is 0.378 e. The number of benzene rings is 2. The van der Waals surface area contributed by atoms with Gasteiger partial charge in [-0.05, 0) is 29.8 Å². The molecule has 0 aliphatic carbocycles. The van der Waals surface area contributed by atoms with E-state index < -0.39 is 17.2 Å². The normalized spacial score (nSPS) is 13.9. The lowest BCUT2D eigenvalue weighted by Crippen LogP contribution is -2.40. The smallest absolute Gasteiger partial charge is 0.257 e. The molecular formula is C22H19ClFN3O4. The first kappa shape index (κ1) is 21.0. The predicted octanol–water partition coefficient (Wildman–Crippen LogP) is 2.72.